The van der Waals surface area contributed by atoms with Crippen molar-refractivity contribution in [2.24, 2.45) is 0 Å². The van der Waals surface area contributed by atoms with Gasteiger partial charge in [0.25, 0.3) is 6.01 Å². The van der Waals surface area contributed by atoms with Crippen LogP contribution in [-0.4, -0.2) is 29.1 Å². The van der Waals surface area contributed by atoms with Gasteiger partial charge in [0.2, 0.25) is 0 Å². The van der Waals surface area contributed by atoms with Crippen LogP contribution in [0.5, 0.6) is 0 Å². The first kappa shape index (κ1) is 11.4. The first-order valence-corrected chi connectivity index (χ1v) is 5.36. The molecule has 1 N–H and O–H groups in total. The van der Waals surface area contributed by atoms with Gasteiger partial charge in [0.1, 0.15) is 5.52 Å². The Kier molecular flexibility index (Phi) is 2.75. The van der Waals surface area contributed by atoms with Crippen LogP contribution in [0.2, 0.25) is 0 Å². The highest BCUT2D eigenvalue weighted by atomic mass is 16.4. The van der Waals surface area contributed by atoms with Crippen LogP contribution in [0.3, 0.4) is 0 Å². The fraction of sp³-hybridized carbons (Fsp3) is 0.333. The van der Waals surface area contributed by atoms with E-state index in [1.165, 1.54) is 6.07 Å². The number of fused-ring (bicyclic) bond motifs is 1. The number of anilines is 1. The lowest BCUT2D eigenvalue weighted by molar-refractivity contribution is 0.0699. The van der Waals surface area contributed by atoms with Gasteiger partial charge < -0.3 is 14.4 Å². The van der Waals surface area contributed by atoms with Crippen molar-refractivity contribution in [1.82, 2.24) is 4.98 Å². The van der Waals surface area contributed by atoms with Gasteiger partial charge in [-0.3, -0.25) is 0 Å². The lowest BCUT2D eigenvalue weighted by Gasteiger charge is -2.18. The lowest BCUT2D eigenvalue weighted by atomic mass is 10.2. The zero-order valence-corrected chi connectivity index (χ0v) is 9.97. The summed E-state index contributed by atoms with van der Waals surface area (Å²) < 4.78 is 5.53. The Balaban J connectivity index is 2.57. The highest BCUT2D eigenvalue weighted by molar-refractivity contribution is 6.00. The molecule has 1 aromatic heterocycles. The minimum absolute atomic E-state index is 0.162. The van der Waals surface area contributed by atoms with Crippen molar-refractivity contribution in [3.8, 4) is 0 Å². The number of nitrogens with zero attached hydrogens (tertiary/aromatic N) is 2. The van der Waals surface area contributed by atoms with Crippen LogP contribution in [0.25, 0.3) is 11.1 Å². The SMILES string of the molecule is CC(C)N(C)c1nc2c(C(=O)O)cccc2o1. The smallest absolute Gasteiger partial charge is 0.338 e. The molecular formula is C12H14N2O3. The number of benzene rings is 1. The van der Waals surface area contributed by atoms with E-state index < -0.39 is 5.97 Å². The van der Waals surface area contributed by atoms with E-state index in [-0.39, 0.29) is 11.6 Å². The monoisotopic (exact) mass is 234 g/mol. The van der Waals surface area contributed by atoms with Crippen LogP contribution in [-0.2, 0) is 0 Å². The van der Waals surface area contributed by atoms with Crippen molar-refractivity contribution in [2.75, 3.05) is 11.9 Å². The van der Waals surface area contributed by atoms with Gasteiger partial charge in [0.05, 0.1) is 5.56 Å². The summed E-state index contributed by atoms with van der Waals surface area (Å²) in [6.45, 7) is 4.01. The Labute approximate surface area is 98.7 Å². The van der Waals surface area contributed by atoms with Gasteiger partial charge in [-0.05, 0) is 26.0 Å². The van der Waals surface area contributed by atoms with E-state index in [0.717, 1.165) is 0 Å². The maximum atomic E-state index is 11.0. The van der Waals surface area contributed by atoms with Gasteiger partial charge in [-0.1, -0.05) is 6.07 Å². The number of carbonyl (C=O) groups is 1. The first-order valence-electron chi connectivity index (χ1n) is 5.36. The molecule has 0 radical (unpaired) electrons. The summed E-state index contributed by atoms with van der Waals surface area (Å²) >= 11 is 0. The number of aromatic nitrogens is 1. The molecule has 0 amide bonds. The second-order valence-corrected chi connectivity index (χ2v) is 4.16. The molecule has 90 valence electrons. The summed E-state index contributed by atoms with van der Waals surface area (Å²) in [7, 11) is 1.86. The van der Waals surface area contributed by atoms with Crippen molar-refractivity contribution in [2.45, 2.75) is 19.9 Å². The van der Waals surface area contributed by atoms with E-state index >= 15 is 0 Å². The van der Waals surface area contributed by atoms with Crippen LogP contribution < -0.4 is 4.90 Å². The van der Waals surface area contributed by atoms with Crippen LogP contribution >= 0.6 is 0 Å². The van der Waals surface area contributed by atoms with Crippen molar-refractivity contribution in [1.29, 1.82) is 0 Å². The molecule has 1 aromatic carbocycles. The Morgan fingerprint density at radius 3 is 2.76 bits per heavy atom. The van der Waals surface area contributed by atoms with E-state index in [1.54, 1.807) is 12.1 Å². The number of para-hydroxylation sites is 1. The summed E-state index contributed by atoms with van der Waals surface area (Å²) in [5.41, 5.74) is 1.05. The molecular weight excluding hydrogens is 220 g/mol. The van der Waals surface area contributed by atoms with Gasteiger partial charge in [-0.2, -0.15) is 4.98 Å². The molecule has 1 heterocycles. The Bertz CT molecular complexity index is 560. The van der Waals surface area contributed by atoms with Gasteiger partial charge in [0.15, 0.2) is 5.58 Å². The van der Waals surface area contributed by atoms with E-state index in [1.807, 2.05) is 25.8 Å². The lowest BCUT2D eigenvalue weighted by Crippen LogP contribution is -2.25. The average Bonchev–Trinajstić information content (AvgIpc) is 2.70. The summed E-state index contributed by atoms with van der Waals surface area (Å²) in [5, 5.41) is 9.04. The fourth-order valence-electron chi connectivity index (χ4n) is 1.48. The number of hydrogen-bond acceptors (Lipinski definition) is 4. The Morgan fingerprint density at radius 2 is 2.18 bits per heavy atom. The van der Waals surface area contributed by atoms with Gasteiger partial charge in [-0.25, -0.2) is 4.79 Å². The molecule has 0 saturated heterocycles. The number of aromatic carboxylic acids is 1. The molecule has 2 aromatic rings. The predicted octanol–water partition coefficient (Wildman–Crippen LogP) is 2.37. The Morgan fingerprint density at radius 1 is 1.47 bits per heavy atom. The molecule has 0 spiro atoms. The third kappa shape index (κ3) is 1.95. The maximum absolute atomic E-state index is 11.0. The van der Waals surface area contributed by atoms with Crippen molar-refractivity contribution < 1.29 is 14.3 Å². The van der Waals surface area contributed by atoms with Crippen LogP contribution in [0, 0.1) is 0 Å². The number of hydrogen-bond donors (Lipinski definition) is 1. The minimum atomic E-state index is -0.998. The van der Waals surface area contributed by atoms with Gasteiger partial charge in [-0.15, -0.1) is 0 Å². The minimum Gasteiger partial charge on any atom is -0.478 e. The molecule has 0 aliphatic carbocycles. The predicted molar refractivity (Wildman–Crippen MR) is 64.5 cm³/mol. The third-order valence-corrected chi connectivity index (χ3v) is 2.71. The molecule has 0 atom stereocenters. The maximum Gasteiger partial charge on any atom is 0.338 e. The summed E-state index contributed by atoms with van der Waals surface area (Å²) in [6.07, 6.45) is 0. The molecule has 0 fully saturated rings. The zero-order chi connectivity index (χ0) is 12.6. The van der Waals surface area contributed by atoms with Crippen molar-refractivity contribution >= 4 is 23.1 Å². The standard InChI is InChI=1S/C12H14N2O3/c1-7(2)14(3)12-13-10-8(11(15)16)5-4-6-9(10)17-12/h4-7H,1-3H3,(H,15,16). The molecule has 0 aliphatic rings. The molecule has 17 heavy (non-hydrogen) atoms. The van der Waals surface area contributed by atoms with Crippen LogP contribution in [0.1, 0.15) is 24.2 Å². The largest absolute Gasteiger partial charge is 0.478 e. The van der Waals surface area contributed by atoms with E-state index in [9.17, 15) is 4.79 Å². The van der Waals surface area contributed by atoms with Crippen LogP contribution in [0.15, 0.2) is 22.6 Å². The van der Waals surface area contributed by atoms with Crippen LogP contribution in [0.4, 0.5) is 6.01 Å². The number of oxazole rings is 1. The molecule has 0 aliphatic heterocycles. The van der Waals surface area contributed by atoms with Crippen molar-refractivity contribution in [3.63, 3.8) is 0 Å². The second kappa shape index (κ2) is 4.08. The molecule has 0 bridgehead atoms. The number of carboxylic acid groups (broad SMARTS) is 1. The topological polar surface area (TPSA) is 66.6 Å². The van der Waals surface area contributed by atoms with E-state index in [0.29, 0.717) is 17.1 Å². The highest BCUT2D eigenvalue weighted by Crippen LogP contribution is 2.24. The highest BCUT2D eigenvalue weighted by Gasteiger charge is 2.17. The summed E-state index contributed by atoms with van der Waals surface area (Å²) in [4.78, 5) is 17.1. The summed E-state index contributed by atoms with van der Waals surface area (Å²) in [5.74, 6) is -0.998. The molecule has 0 saturated carbocycles. The zero-order valence-electron chi connectivity index (χ0n) is 9.97. The molecule has 2 rings (SSSR count). The average molecular weight is 234 g/mol. The Hall–Kier alpha value is -2.04. The molecule has 0 unspecified atom stereocenters. The third-order valence-electron chi connectivity index (χ3n) is 2.71. The molecule has 5 heteroatoms. The number of rotatable bonds is 3. The normalized spacial score (nSPS) is 11.1. The number of carboxylic acids is 1. The fourth-order valence-corrected chi connectivity index (χ4v) is 1.48. The van der Waals surface area contributed by atoms with E-state index in [2.05, 4.69) is 4.98 Å². The molecule has 5 nitrogen and oxygen atoms in total. The van der Waals surface area contributed by atoms with Gasteiger partial charge >= 0.3 is 5.97 Å². The first-order chi connectivity index (χ1) is 8.00. The van der Waals surface area contributed by atoms with E-state index in [4.69, 9.17) is 9.52 Å². The van der Waals surface area contributed by atoms with Crippen molar-refractivity contribution in [3.05, 3.63) is 23.8 Å². The summed E-state index contributed by atoms with van der Waals surface area (Å²) in [6, 6.07) is 5.55. The van der Waals surface area contributed by atoms with Gasteiger partial charge in [0, 0.05) is 13.1 Å². The quantitative estimate of drug-likeness (QED) is 0.883. The second-order valence-electron chi connectivity index (χ2n) is 4.16.